The van der Waals surface area contributed by atoms with Crippen molar-refractivity contribution < 1.29 is 0 Å². The highest BCUT2D eigenvalue weighted by Crippen LogP contribution is 2.45. The van der Waals surface area contributed by atoms with Gasteiger partial charge in [-0.2, -0.15) is 9.97 Å². The van der Waals surface area contributed by atoms with Gasteiger partial charge >= 0.3 is 0 Å². The maximum Gasteiger partial charge on any atom is 0.238 e. The maximum atomic E-state index is 5.14. The molecule has 13 aromatic rings. The van der Waals surface area contributed by atoms with E-state index in [4.69, 9.17) is 15.0 Å². The van der Waals surface area contributed by atoms with Crippen LogP contribution in [0.2, 0.25) is 0 Å². The largest absolute Gasteiger partial charge is 0.309 e. The lowest BCUT2D eigenvalue weighted by atomic mass is 9.94. The highest BCUT2D eigenvalue weighted by molar-refractivity contribution is 7.25. The lowest BCUT2D eigenvalue weighted by Crippen LogP contribution is -2.06. The zero-order chi connectivity index (χ0) is 38.6. The van der Waals surface area contributed by atoms with Crippen LogP contribution in [0.4, 0.5) is 0 Å². The van der Waals surface area contributed by atoms with Crippen molar-refractivity contribution >= 4 is 85.9 Å². The molecule has 0 aliphatic heterocycles. The third-order valence-electron chi connectivity index (χ3n) is 11.9. The van der Waals surface area contributed by atoms with E-state index < -0.39 is 0 Å². The van der Waals surface area contributed by atoms with E-state index in [9.17, 15) is 0 Å². The first-order chi connectivity index (χ1) is 29.2. The molecule has 0 saturated carbocycles. The van der Waals surface area contributed by atoms with Gasteiger partial charge in [-0.3, -0.25) is 4.57 Å². The van der Waals surface area contributed by atoms with E-state index in [1.807, 2.05) is 72.0 Å². The number of rotatable bonds is 5. The predicted molar refractivity (Wildman–Crippen MR) is 246 cm³/mol. The zero-order valence-electron chi connectivity index (χ0n) is 31.5. The summed E-state index contributed by atoms with van der Waals surface area (Å²) in [7, 11) is 0. The molecule has 274 valence electrons. The highest BCUT2D eigenvalue weighted by atomic mass is 32.1. The molecule has 4 aromatic heterocycles. The summed E-state index contributed by atoms with van der Waals surface area (Å²) in [4.78, 5) is 15.2. The molecule has 0 aliphatic carbocycles. The molecular weight excluding hydrogens is 739 g/mol. The van der Waals surface area contributed by atoms with Crippen molar-refractivity contribution in [3.05, 3.63) is 188 Å². The first kappa shape index (κ1) is 32.4. The minimum atomic E-state index is 0.588. The third-order valence-corrected chi connectivity index (χ3v) is 13.1. The third kappa shape index (κ3) is 4.81. The predicted octanol–water partition coefficient (Wildman–Crippen LogP) is 14.0. The molecule has 4 heterocycles. The Balaban J connectivity index is 1.02. The van der Waals surface area contributed by atoms with E-state index in [0.717, 1.165) is 32.9 Å². The number of para-hydroxylation sites is 1. The van der Waals surface area contributed by atoms with Gasteiger partial charge in [0.05, 0.1) is 22.1 Å². The molecule has 0 aliphatic rings. The second kappa shape index (κ2) is 12.4. The molecule has 13 rings (SSSR count). The second-order valence-corrected chi connectivity index (χ2v) is 16.3. The Hall–Kier alpha value is -7.67. The fourth-order valence-corrected chi connectivity index (χ4v) is 10.4. The average Bonchev–Trinajstić information content (AvgIpc) is 3.96. The molecule has 0 bridgehead atoms. The average molecular weight is 770 g/mol. The molecule has 0 spiro atoms. The van der Waals surface area contributed by atoms with Gasteiger partial charge in [-0.25, -0.2) is 4.98 Å². The Morgan fingerprint density at radius 3 is 1.83 bits per heavy atom. The van der Waals surface area contributed by atoms with E-state index in [1.165, 1.54) is 69.6 Å². The number of thiophene rings is 1. The van der Waals surface area contributed by atoms with Crippen molar-refractivity contribution in [1.29, 1.82) is 0 Å². The van der Waals surface area contributed by atoms with Crippen molar-refractivity contribution in [2.24, 2.45) is 0 Å². The number of hydrogen-bond donors (Lipinski definition) is 0. The Kier molecular flexibility index (Phi) is 6.82. The standard InChI is InChI=1S/C53H31N5S/c1-3-12-33(13-4-1)51-54-52(34-14-5-2-6-15-34)56-53(55-51)58-43-19-9-7-17-38(43)41-30-35(23-27-44(41)58)37-26-28-46-50-40(37)25-22-32-16-11-20-45(49(32)50)57(46)36-24-29-48-42(31-36)39-18-8-10-21-47(39)59-48/h1-31H. The maximum absolute atomic E-state index is 5.14. The SMILES string of the molecule is c1ccc(-c2nc(-c3ccccc3)nc(-n3c4ccccc4c4cc(-c5ccc6c7c5ccc5cccc(c57)n6-c5ccc6sc7ccccc7c6c5)ccc43)n2)cc1. The molecular formula is C53H31N5S. The van der Waals surface area contributed by atoms with Crippen molar-refractivity contribution in [2.45, 2.75) is 0 Å². The molecule has 0 saturated heterocycles. The first-order valence-electron chi connectivity index (χ1n) is 19.9. The summed E-state index contributed by atoms with van der Waals surface area (Å²) >= 11 is 1.86. The van der Waals surface area contributed by atoms with Crippen LogP contribution in [0.1, 0.15) is 0 Å². The smallest absolute Gasteiger partial charge is 0.238 e. The summed E-state index contributed by atoms with van der Waals surface area (Å²) in [5.41, 5.74) is 9.96. The van der Waals surface area contributed by atoms with Crippen LogP contribution < -0.4 is 0 Å². The summed E-state index contributed by atoms with van der Waals surface area (Å²) in [5, 5.41) is 9.99. The van der Waals surface area contributed by atoms with E-state index in [0.29, 0.717) is 17.6 Å². The summed E-state index contributed by atoms with van der Waals surface area (Å²) in [6, 6.07) is 67.3. The lowest BCUT2D eigenvalue weighted by molar-refractivity contribution is 0.953. The van der Waals surface area contributed by atoms with E-state index in [1.54, 1.807) is 0 Å². The minimum Gasteiger partial charge on any atom is -0.309 e. The molecule has 0 fully saturated rings. The van der Waals surface area contributed by atoms with Gasteiger partial charge < -0.3 is 4.57 Å². The van der Waals surface area contributed by atoms with Crippen LogP contribution in [-0.2, 0) is 0 Å². The Labute approximate surface area is 342 Å². The molecule has 9 aromatic carbocycles. The van der Waals surface area contributed by atoms with Gasteiger partial charge in [0.1, 0.15) is 0 Å². The molecule has 0 atom stereocenters. The second-order valence-electron chi connectivity index (χ2n) is 15.2. The van der Waals surface area contributed by atoms with Gasteiger partial charge in [-0.05, 0) is 76.5 Å². The van der Waals surface area contributed by atoms with E-state index in [2.05, 4.69) is 137 Å². The molecule has 5 nitrogen and oxygen atoms in total. The Morgan fingerprint density at radius 1 is 0.356 bits per heavy atom. The van der Waals surface area contributed by atoms with Crippen molar-refractivity contribution in [3.63, 3.8) is 0 Å². The zero-order valence-corrected chi connectivity index (χ0v) is 32.4. The van der Waals surface area contributed by atoms with E-state index >= 15 is 0 Å². The van der Waals surface area contributed by atoms with Crippen LogP contribution in [-0.4, -0.2) is 24.1 Å². The van der Waals surface area contributed by atoms with E-state index in [-0.39, 0.29) is 0 Å². The fraction of sp³-hybridized carbons (Fsp3) is 0. The number of fused-ring (bicyclic) bond motifs is 6. The van der Waals surface area contributed by atoms with Crippen LogP contribution in [0.5, 0.6) is 0 Å². The molecule has 0 amide bonds. The number of nitrogens with zero attached hydrogens (tertiary/aromatic N) is 5. The van der Waals surface area contributed by atoms with Crippen molar-refractivity contribution in [3.8, 4) is 45.5 Å². The van der Waals surface area contributed by atoms with Gasteiger partial charge in [0.2, 0.25) is 5.95 Å². The van der Waals surface area contributed by atoms with Gasteiger partial charge in [0, 0.05) is 58.5 Å². The van der Waals surface area contributed by atoms with Crippen LogP contribution in [0.25, 0.3) is 120 Å². The molecule has 0 N–H and O–H groups in total. The lowest BCUT2D eigenvalue weighted by Gasteiger charge is -2.12. The number of benzene rings is 9. The molecule has 0 radical (unpaired) electrons. The van der Waals surface area contributed by atoms with Crippen molar-refractivity contribution in [2.75, 3.05) is 0 Å². The summed E-state index contributed by atoms with van der Waals surface area (Å²) in [5.74, 6) is 1.86. The van der Waals surface area contributed by atoms with Gasteiger partial charge in [-0.15, -0.1) is 11.3 Å². The van der Waals surface area contributed by atoms with Crippen LogP contribution in [0.15, 0.2) is 188 Å². The molecule has 6 heteroatoms. The summed E-state index contributed by atoms with van der Waals surface area (Å²) in [6.45, 7) is 0. The monoisotopic (exact) mass is 769 g/mol. The summed E-state index contributed by atoms with van der Waals surface area (Å²) in [6.07, 6.45) is 0. The first-order valence-corrected chi connectivity index (χ1v) is 20.7. The van der Waals surface area contributed by atoms with Crippen LogP contribution in [0, 0.1) is 0 Å². The molecule has 59 heavy (non-hydrogen) atoms. The van der Waals surface area contributed by atoms with Crippen LogP contribution in [0.3, 0.4) is 0 Å². The van der Waals surface area contributed by atoms with Crippen LogP contribution >= 0.6 is 11.3 Å². The Bertz CT molecular complexity index is 3730. The topological polar surface area (TPSA) is 48.5 Å². The quantitative estimate of drug-likeness (QED) is 0.164. The number of hydrogen-bond acceptors (Lipinski definition) is 4. The van der Waals surface area contributed by atoms with Gasteiger partial charge in [0.25, 0.3) is 0 Å². The summed E-state index contributed by atoms with van der Waals surface area (Å²) < 4.78 is 7.28. The fourth-order valence-electron chi connectivity index (χ4n) is 9.32. The van der Waals surface area contributed by atoms with Gasteiger partial charge in [0.15, 0.2) is 11.6 Å². The minimum absolute atomic E-state index is 0.588. The highest BCUT2D eigenvalue weighted by Gasteiger charge is 2.22. The number of aromatic nitrogens is 5. The normalized spacial score (nSPS) is 12.1. The Morgan fingerprint density at radius 2 is 1.02 bits per heavy atom. The molecule has 0 unspecified atom stereocenters. The van der Waals surface area contributed by atoms with Gasteiger partial charge in [-0.1, -0.05) is 133 Å². The van der Waals surface area contributed by atoms with Crippen molar-refractivity contribution in [1.82, 2.24) is 24.1 Å².